The fourth-order valence-corrected chi connectivity index (χ4v) is 1.98. The van der Waals surface area contributed by atoms with Gasteiger partial charge in [0.15, 0.2) is 0 Å². The van der Waals surface area contributed by atoms with Crippen LogP contribution in [0.5, 0.6) is 0 Å². The van der Waals surface area contributed by atoms with E-state index in [1.165, 1.54) is 20.0 Å². The molecule has 1 aliphatic carbocycles. The van der Waals surface area contributed by atoms with E-state index in [4.69, 9.17) is 4.74 Å². The van der Waals surface area contributed by atoms with Gasteiger partial charge in [-0.15, -0.1) is 0 Å². The molecule has 0 spiro atoms. The minimum Gasteiger partial charge on any atom is -0.468 e. The van der Waals surface area contributed by atoms with Crippen LogP contribution in [0.4, 0.5) is 0 Å². The van der Waals surface area contributed by atoms with Gasteiger partial charge in [-0.05, 0) is 39.8 Å². The standard InChI is InChI=1S/C12H24N2O2/c1-5-13-12(2,11(15)16-4)8-9-14(3)10-6-7-10/h10,13H,5-9H2,1-4H3. The van der Waals surface area contributed by atoms with Crippen LogP contribution in [-0.2, 0) is 9.53 Å². The van der Waals surface area contributed by atoms with Crippen LogP contribution < -0.4 is 5.32 Å². The molecule has 0 aromatic rings. The maximum atomic E-state index is 11.7. The monoisotopic (exact) mass is 228 g/mol. The van der Waals surface area contributed by atoms with E-state index in [0.29, 0.717) is 0 Å². The third-order valence-corrected chi connectivity index (χ3v) is 3.34. The lowest BCUT2D eigenvalue weighted by molar-refractivity contribution is -0.148. The Kier molecular flexibility index (Phi) is 4.74. The zero-order chi connectivity index (χ0) is 12.2. The Morgan fingerprint density at radius 3 is 2.62 bits per heavy atom. The Labute approximate surface area is 98.3 Å². The molecule has 16 heavy (non-hydrogen) atoms. The van der Waals surface area contributed by atoms with Crippen LogP contribution >= 0.6 is 0 Å². The van der Waals surface area contributed by atoms with Crippen LogP contribution in [0.25, 0.3) is 0 Å². The van der Waals surface area contributed by atoms with E-state index >= 15 is 0 Å². The molecule has 4 nitrogen and oxygen atoms in total. The SMILES string of the molecule is CCNC(C)(CCN(C)C1CC1)C(=O)OC. The molecule has 1 aliphatic rings. The lowest BCUT2D eigenvalue weighted by atomic mass is 9.97. The summed E-state index contributed by atoms with van der Waals surface area (Å²) >= 11 is 0. The maximum Gasteiger partial charge on any atom is 0.325 e. The Balaban J connectivity index is 2.45. The predicted molar refractivity (Wildman–Crippen MR) is 64.4 cm³/mol. The van der Waals surface area contributed by atoms with E-state index in [1.807, 2.05) is 13.8 Å². The smallest absolute Gasteiger partial charge is 0.325 e. The first kappa shape index (κ1) is 13.5. The van der Waals surface area contributed by atoms with E-state index in [0.717, 1.165) is 25.6 Å². The topological polar surface area (TPSA) is 41.6 Å². The third kappa shape index (κ3) is 3.46. The Morgan fingerprint density at radius 2 is 2.19 bits per heavy atom. The molecule has 0 saturated heterocycles. The van der Waals surface area contributed by atoms with Gasteiger partial charge in [-0.3, -0.25) is 4.79 Å². The molecule has 1 atom stereocenters. The van der Waals surface area contributed by atoms with Crippen molar-refractivity contribution in [2.24, 2.45) is 0 Å². The molecule has 1 N–H and O–H groups in total. The fraction of sp³-hybridized carbons (Fsp3) is 0.917. The minimum atomic E-state index is -0.549. The van der Waals surface area contributed by atoms with Crippen LogP contribution in [0.3, 0.4) is 0 Å². The number of nitrogens with zero attached hydrogens (tertiary/aromatic N) is 1. The normalized spacial score (nSPS) is 19.6. The van der Waals surface area contributed by atoms with Gasteiger partial charge in [0.1, 0.15) is 5.54 Å². The van der Waals surface area contributed by atoms with E-state index in [2.05, 4.69) is 17.3 Å². The first-order valence-corrected chi connectivity index (χ1v) is 6.07. The van der Waals surface area contributed by atoms with Gasteiger partial charge in [-0.1, -0.05) is 6.92 Å². The molecule has 0 amide bonds. The van der Waals surface area contributed by atoms with Crippen molar-refractivity contribution in [3.63, 3.8) is 0 Å². The van der Waals surface area contributed by atoms with Gasteiger partial charge in [0.25, 0.3) is 0 Å². The zero-order valence-electron chi connectivity index (χ0n) is 10.9. The van der Waals surface area contributed by atoms with E-state index < -0.39 is 5.54 Å². The van der Waals surface area contributed by atoms with E-state index in [1.54, 1.807) is 0 Å². The largest absolute Gasteiger partial charge is 0.468 e. The van der Waals surface area contributed by atoms with Crippen LogP contribution in [0.2, 0.25) is 0 Å². The summed E-state index contributed by atoms with van der Waals surface area (Å²) in [6, 6.07) is 0.739. The molecule has 0 aromatic heterocycles. The highest BCUT2D eigenvalue weighted by molar-refractivity contribution is 5.80. The van der Waals surface area contributed by atoms with Crippen molar-refractivity contribution in [2.45, 2.75) is 44.7 Å². The predicted octanol–water partition coefficient (Wildman–Crippen LogP) is 1.01. The lowest BCUT2D eigenvalue weighted by Crippen LogP contribution is -2.51. The first-order chi connectivity index (χ1) is 7.53. The second kappa shape index (κ2) is 5.64. The number of likely N-dealkylation sites (N-methyl/N-ethyl adjacent to an activating group) is 1. The second-order valence-corrected chi connectivity index (χ2v) is 4.82. The summed E-state index contributed by atoms with van der Waals surface area (Å²) in [6.45, 7) is 5.64. The summed E-state index contributed by atoms with van der Waals surface area (Å²) < 4.78 is 4.86. The lowest BCUT2D eigenvalue weighted by Gasteiger charge is -2.29. The van der Waals surface area contributed by atoms with E-state index in [9.17, 15) is 4.79 Å². The Morgan fingerprint density at radius 1 is 1.56 bits per heavy atom. The van der Waals surface area contributed by atoms with Crippen molar-refractivity contribution in [3.8, 4) is 0 Å². The van der Waals surface area contributed by atoms with Gasteiger partial charge in [0, 0.05) is 12.6 Å². The molecular formula is C12H24N2O2. The van der Waals surface area contributed by atoms with Gasteiger partial charge >= 0.3 is 5.97 Å². The van der Waals surface area contributed by atoms with Crippen molar-refractivity contribution in [1.29, 1.82) is 0 Å². The molecule has 1 rings (SSSR count). The first-order valence-electron chi connectivity index (χ1n) is 6.07. The summed E-state index contributed by atoms with van der Waals surface area (Å²) in [6.07, 6.45) is 3.39. The molecular weight excluding hydrogens is 204 g/mol. The van der Waals surface area contributed by atoms with Gasteiger partial charge in [0.05, 0.1) is 7.11 Å². The number of rotatable bonds is 7. The molecule has 1 unspecified atom stereocenters. The van der Waals surface area contributed by atoms with Crippen molar-refractivity contribution >= 4 is 5.97 Å². The van der Waals surface area contributed by atoms with Crippen LogP contribution in [0, 0.1) is 0 Å². The summed E-state index contributed by atoms with van der Waals surface area (Å²) in [5.74, 6) is -0.168. The number of methoxy groups -OCH3 is 1. The van der Waals surface area contributed by atoms with Gasteiger partial charge in [-0.25, -0.2) is 0 Å². The van der Waals surface area contributed by atoms with Crippen molar-refractivity contribution in [1.82, 2.24) is 10.2 Å². The molecule has 4 heteroatoms. The number of ether oxygens (including phenoxy) is 1. The summed E-state index contributed by atoms with van der Waals surface area (Å²) in [5.41, 5.74) is -0.549. The van der Waals surface area contributed by atoms with Gasteiger partial charge in [-0.2, -0.15) is 0 Å². The molecule has 0 radical (unpaired) electrons. The van der Waals surface area contributed by atoms with Crippen LogP contribution in [0.1, 0.15) is 33.1 Å². The van der Waals surface area contributed by atoms with E-state index in [-0.39, 0.29) is 5.97 Å². The second-order valence-electron chi connectivity index (χ2n) is 4.82. The van der Waals surface area contributed by atoms with Crippen molar-refractivity contribution in [3.05, 3.63) is 0 Å². The van der Waals surface area contributed by atoms with Crippen LogP contribution in [-0.4, -0.2) is 49.7 Å². The third-order valence-electron chi connectivity index (χ3n) is 3.34. The Bertz CT molecular complexity index is 241. The molecule has 94 valence electrons. The summed E-state index contributed by atoms with van der Waals surface area (Å²) in [5, 5.41) is 3.22. The number of carbonyl (C=O) groups excluding carboxylic acids is 1. The number of carbonyl (C=O) groups is 1. The fourth-order valence-electron chi connectivity index (χ4n) is 1.98. The molecule has 0 bridgehead atoms. The minimum absolute atomic E-state index is 0.168. The number of nitrogens with one attached hydrogen (secondary N) is 1. The molecule has 0 aromatic carbocycles. The summed E-state index contributed by atoms with van der Waals surface area (Å²) in [4.78, 5) is 14.1. The molecule has 1 fully saturated rings. The molecule has 0 aliphatic heterocycles. The highest BCUT2D eigenvalue weighted by atomic mass is 16.5. The average molecular weight is 228 g/mol. The van der Waals surface area contributed by atoms with Crippen molar-refractivity contribution < 1.29 is 9.53 Å². The van der Waals surface area contributed by atoms with Crippen LogP contribution in [0.15, 0.2) is 0 Å². The van der Waals surface area contributed by atoms with Gasteiger partial charge < -0.3 is 15.0 Å². The average Bonchev–Trinajstić information content (AvgIpc) is 3.09. The van der Waals surface area contributed by atoms with Crippen molar-refractivity contribution in [2.75, 3.05) is 27.2 Å². The molecule has 0 heterocycles. The highest BCUT2D eigenvalue weighted by Gasteiger charge is 2.35. The number of hydrogen-bond acceptors (Lipinski definition) is 4. The Hall–Kier alpha value is -0.610. The van der Waals surface area contributed by atoms with Gasteiger partial charge in [0.2, 0.25) is 0 Å². The maximum absolute atomic E-state index is 11.7. The summed E-state index contributed by atoms with van der Waals surface area (Å²) in [7, 11) is 3.57. The zero-order valence-corrected chi connectivity index (χ0v) is 10.9. The number of esters is 1. The number of hydrogen-bond donors (Lipinski definition) is 1. The highest BCUT2D eigenvalue weighted by Crippen LogP contribution is 2.26. The quantitative estimate of drug-likeness (QED) is 0.660. The molecule has 1 saturated carbocycles.